The maximum atomic E-state index is 11.9. The van der Waals surface area contributed by atoms with Crippen LogP contribution >= 0.6 is 0 Å². The highest BCUT2D eigenvalue weighted by Crippen LogP contribution is 2.26. The fourth-order valence-electron chi connectivity index (χ4n) is 2.43. The van der Waals surface area contributed by atoms with Gasteiger partial charge in [-0.25, -0.2) is 0 Å². The molecule has 1 aliphatic rings. The smallest absolute Gasteiger partial charge is 0.252 e. The number of aromatic nitrogens is 1. The Morgan fingerprint density at radius 2 is 2.44 bits per heavy atom. The minimum Gasteiger partial charge on any atom is -0.378 e. The van der Waals surface area contributed by atoms with Crippen LogP contribution < -0.4 is 5.32 Å². The average molecular weight is 248 g/mol. The normalized spacial score (nSPS) is 23.3. The van der Waals surface area contributed by atoms with Gasteiger partial charge in [-0.15, -0.1) is 0 Å². The standard InChI is InChI=1S/C14H20N2O2/c1-10(2)13-11(5-7-18-13)9-16-14(17)12-4-3-6-15-8-12/h3-4,6,8,10-11,13H,5,7,9H2,1-2H3,(H,16,17)/t11-,13-/m0/s1. The zero-order valence-corrected chi connectivity index (χ0v) is 10.9. The minimum atomic E-state index is -0.0579. The Balaban J connectivity index is 1.86. The molecule has 4 nitrogen and oxygen atoms in total. The Labute approximate surface area is 108 Å². The van der Waals surface area contributed by atoms with Crippen LogP contribution in [0.1, 0.15) is 30.6 Å². The van der Waals surface area contributed by atoms with Gasteiger partial charge in [0.05, 0.1) is 11.7 Å². The van der Waals surface area contributed by atoms with Gasteiger partial charge in [-0.05, 0) is 24.5 Å². The summed E-state index contributed by atoms with van der Waals surface area (Å²) in [5, 5.41) is 2.97. The molecule has 0 saturated carbocycles. The van der Waals surface area contributed by atoms with Crippen molar-refractivity contribution >= 4 is 5.91 Å². The van der Waals surface area contributed by atoms with Crippen LogP contribution in [0.2, 0.25) is 0 Å². The van der Waals surface area contributed by atoms with Crippen LogP contribution in [-0.4, -0.2) is 30.1 Å². The van der Waals surface area contributed by atoms with Crippen molar-refractivity contribution in [1.29, 1.82) is 0 Å². The van der Waals surface area contributed by atoms with Gasteiger partial charge in [0.1, 0.15) is 0 Å². The molecule has 0 unspecified atom stereocenters. The van der Waals surface area contributed by atoms with E-state index in [9.17, 15) is 4.79 Å². The molecule has 0 aliphatic carbocycles. The molecule has 98 valence electrons. The molecule has 1 aliphatic heterocycles. The van der Waals surface area contributed by atoms with Crippen molar-refractivity contribution < 1.29 is 9.53 Å². The van der Waals surface area contributed by atoms with Gasteiger partial charge in [0.25, 0.3) is 5.91 Å². The lowest BCUT2D eigenvalue weighted by Crippen LogP contribution is -2.34. The van der Waals surface area contributed by atoms with Crippen LogP contribution in [-0.2, 0) is 4.74 Å². The maximum Gasteiger partial charge on any atom is 0.252 e. The number of hydrogen-bond donors (Lipinski definition) is 1. The third-order valence-corrected chi connectivity index (χ3v) is 3.37. The predicted molar refractivity (Wildman–Crippen MR) is 69.3 cm³/mol. The lowest BCUT2D eigenvalue weighted by atomic mass is 9.93. The Hall–Kier alpha value is -1.42. The van der Waals surface area contributed by atoms with E-state index in [4.69, 9.17) is 4.74 Å². The van der Waals surface area contributed by atoms with Gasteiger partial charge >= 0.3 is 0 Å². The first-order valence-corrected chi connectivity index (χ1v) is 6.48. The second-order valence-corrected chi connectivity index (χ2v) is 5.08. The number of carbonyl (C=O) groups excluding carboxylic acids is 1. The number of ether oxygens (including phenoxy) is 1. The number of nitrogens with one attached hydrogen (secondary N) is 1. The van der Waals surface area contributed by atoms with E-state index in [2.05, 4.69) is 24.1 Å². The zero-order chi connectivity index (χ0) is 13.0. The number of nitrogens with zero attached hydrogens (tertiary/aromatic N) is 1. The average Bonchev–Trinajstić information content (AvgIpc) is 2.85. The first-order valence-electron chi connectivity index (χ1n) is 6.48. The monoisotopic (exact) mass is 248 g/mol. The molecule has 1 amide bonds. The summed E-state index contributed by atoms with van der Waals surface area (Å²) in [7, 11) is 0. The first-order chi connectivity index (χ1) is 8.68. The zero-order valence-electron chi connectivity index (χ0n) is 10.9. The summed E-state index contributed by atoms with van der Waals surface area (Å²) >= 11 is 0. The van der Waals surface area contributed by atoms with Crippen molar-refractivity contribution in [2.24, 2.45) is 11.8 Å². The number of amides is 1. The summed E-state index contributed by atoms with van der Waals surface area (Å²) in [6, 6.07) is 3.54. The fraction of sp³-hybridized carbons (Fsp3) is 0.571. The van der Waals surface area contributed by atoms with Crippen LogP contribution in [0.25, 0.3) is 0 Å². The summed E-state index contributed by atoms with van der Waals surface area (Å²) in [4.78, 5) is 15.8. The number of carbonyl (C=O) groups is 1. The molecule has 18 heavy (non-hydrogen) atoms. The van der Waals surface area contributed by atoms with E-state index < -0.39 is 0 Å². The number of rotatable bonds is 4. The van der Waals surface area contributed by atoms with Gasteiger partial charge in [-0.2, -0.15) is 0 Å². The largest absolute Gasteiger partial charge is 0.378 e. The maximum absolute atomic E-state index is 11.9. The molecular weight excluding hydrogens is 228 g/mol. The molecule has 0 bridgehead atoms. The van der Waals surface area contributed by atoms with E-state index in [1.807, 2.05) is 0 Å². The van der Waals surface area contributed by atoms with Gasteiger partial charge < -0.3 is 10.1 Å². The fourth-order valence-corrected chi connectivity index (χ4v) is 2.43. The molecule has 2 rings (SSSR count). The molecular formula is C14H20N2O2. The molecule has 1 aromatic heterocycles. The van der Waals surface area contributed by atoms with Gasteiger partial charge in [-0.3, -0.25) is 9.78 Å². The van der Waals surface area contributed by atoms with E-state index in [0.717, 1.165) is 13.0 Å². The molecule has 2 heterocycles. The summed E-state index contributed by atoms with van der Waals surface area (Å²) in [5.74, 6) is 0.857. The van der Waals surface area contributed by atoms with Crippen LogP contribution in [0.15, 0.2) is 24.5 Å². The van der Waals surface area contributed by atoms with Crippen molar-refractivity contribution in [3.05, 3.63) is 30.1 Å². The molecule has 1 N–H and O–H groups in total. The molecule has 0 radical (unpaired) electrons. The van der Waals surface area contributed by atoms with Crippen LogP contribution in [0, 0.1) is 11.8 Å². The second-order valence-electron chi connectivity index (χ2n) is 5.08. The van der Waals surface area contributed by atoms with Crippen molar-refractivity contribution in [1.82, 2.24) is 10.3 Å². The van der Waals surface area contributed by atoms with Crippen LogP contribution in [0.3, 0.4) is 0 Å². The molecule has 1 fully saturated rings. The van der Waals surface area contributed by atoms with E-state index >= 15 is 0 Å². The molecule has 4 heteroatoms. The SMILES string of the molecule is CC(C)[C@@H]1OCC[C@H]1CNC(=O)c1cccnc1. The van der Waals surface area contributed by atoms with Gasteiger partial charge in [-0.1, -0.05) is 13.8 Å². The molecule has 1 aromatic rings. The van der Waals surface area contributed by atoms with E-state index in [1.165, 1.54) is 0 Å². The van der Waals surface area contributed by atoms with Gasteiger partial charge in [0, 0.05) is 31.5 Å². The number of hydrogen-bond acceptors (Lipinski definition) is 3. The highest BCUT2D eigenvalue weighted by molar-refractivity contribution is 5.93. The summed E-state index contributed by atoms with van der Waals surface area (Å²) in [6.07, 6.45) is 4.53. The van der Waals surface area contributed by atoms with E-state index in [-0.39, 0.29) is 12.0 Å². The van der Waals surface area contributed by atoms with Crippen LogP contribution in [0.5, 0.6) is 0 Å². The highest BCUT2D eigenvalue weighted by Gasteiger charge is 2.30. The Kier molecular flexibility index (Phi) is 4.31. The summed E-state index contributed by atoms with van der Waals surface area (Å²) in [6.45, 7) is 5.80. The van der Waals surface area contributed by atoms with E-state index in [0.29, 0.717) is 23.9 Å². The van der Waals surface area contributed by atoms with Crippen molar-refractivity contribution in [2.45, 2.75) is 26.4 Å². The lowest BCUT2D eigenvalue weighted by Gasteiger charge is -2.22. The highest BCUT2D eigenvalue weighted by atomic mass is 16.5. The summed E-state index contributed by atoms with van der Waals surface area (Å²) < 4.78 is 5.70. The van der Waals surface area contributed by atoms with Crippen molar-refractivity contribution in [3.63, 3.8) is 0 Å². The quantitative estimate of drug-likeness (QED) is 0.885. The predicted octanol–water partition coefficient (Wildman–Crippen LogP) is 1.87. The number of pyridine rings is 1. The first kappa shape index (κ1) is 13.0. The molecule has 0 aromatic carbocycles. The van der Waals surface area contributed by atoms with E-state index in [1.54, 1.807) is 24.5 Å². The second kappa shape index (κ2) is 5.96. The minimum absolute atomic E-state index is 0.0579. The Morgan fingerprint density at radius 3 is 3.11 bits per heavy atom. The third kappa shape index (κ3) is 3.07. The van der Waals surface area contributed by atoms with Crippen LogP contribution in [0.4, 0.5) is 0 Å². The molecule has 1 saturated heterocycles. The Morgan fingerprint density at radius 1 is 1.61 bits per heavy atom. The van der Waals surface area contributed by atoms with Gasteiger partial charge in [0.2, 0.25) is 0 Å². The van der Waals surface area contributed by atoms with Crippen molar-refractivity contribution in [3.8, 4) is 0 Å². The van der Waals surface area contributed by atoms with Gasteiger partial charge in [0.15, 0.2) is 0 Å². The topological polar surface area (TPSA) is 51.2 Å². The lowest BCUT2D eigenvalue weighted by molar-refractivity contribution is 0.0533. The third-order valence-electron chi connectivity index (χ3n) is 3.37. The molecule has 2 atom stereocenters. The summed E-state index contributed by atoms with van der Waals surface area (Å²) in [5.41, 5.74) is 0.609. The van der Waals surface area contributed by atoms with Crippen molar-refractivity contribution in [2.75, 3.05) is 13.2 Å². The molecule has 0 spiro atoms. The Bertz CT molecular complexity index is 392.